The van der Waals surface area contributed by atoms with Crippen molar-refractivity contribution in [2.24, 2.45) is 0 Å². The molecular weight excluding hydrogens is 385 g/mol. The van der Waals surface area contributed by atoms with Crippen LogP contribution >= 0.6 is 11.6 Å². The molecule has 154 valence electrons. The molecule has 0 spiro atoms. The third kappa shape index (κ3) is 5.69. The minimum absolute atomic E-state index is 0.0754. The minimum atomic E-state index is -0.743. The summed E-state index contributed by atoms with van der Waals surface area (Å²) in [6.45, 7) is 13.1. The van der Waals surface area contributed by atoms with Crippen LogP contribution in [-0.4, -0.2) is 41.5 Å². The number of amides is 1. The van der Waals surface area contributed by atoms with E-state index in [0.717, 1.165) is 0 Å². The van der Waals surface area contributed by atoms with Gasteiger partial charge in [0.15, 0.2) is 0 Å². The maximum absolute atomic E-state index is 13.6. The van der Waals surface area contributed by atoms with Gasteiger partial charge < -0.3 is 19.4 Å². The van der Waals surface area contributed by atoms with Gasteiger partial charge in [-0.3, -0.25) is 0 Å². The second-order valence-electron chi connectivity index (χ2n) is 8.69. The van der Waals surface area contributed by atoms with E-state index in [-0.39, 0.29) is 11.6 Å². The molecule has 1 aromatic rings. The van der Waals surface area contributed by atoms with Crippen molar-refractivity contribution >= 4 is 30.9 Å². The van der Waals surface area contributed by atoms with Crippen molar-refractivity contribution in [2.45, 2.75) is 65.3 Å². The Morgan fingerprint density at radius 2 is 1.89 bits per heavy atom. The van der Waals surface area contributed by atoms with Gasteiger partial charge >= 0.3 is 13.2 Å². The third-order valence-corrected chi connectivity index (χ3v) is 4.90. The highest BCUT2D eigenvalue weighted by Crippen LogP contribution is 2.39. The maximum Gasteiger partial charge on any atom is 0.492 e. The fourth-order valence-corrected chi connectivity index (χ4v) is 2.58. The fraction of sp³-hybridized carbons (Fsp3) is 0.579. The van der Waals surface area contributed by atoms with Gasteiger partial charge in [-0.25, -0.2) is 9.78 Å². The molecule has 28 heavy (non-hydrogen) atoms. The predicted octanol–water partition coefficient (Wildman–Crippen LogP) is 4.41. The lowest BCUT2D eigenvalue weighted by atomic mass is 9.77. The molecule has 6 nitrogen and oxygen atoms in total. The average molecular weight is 413 g/mol. The van der Waals surface area contributed by atoms with E-state index >= 15 is 0 Å². The molecule has 0 radical (unpaired) electrons. The Morgan fingerprint density at radius 1 is 1.32 bits per heavy atom. The quantitative estimate of drug-likeness (QED) is 0.586. The van der Waals surface area contributed by atoms with Crippen LogP contribution in [0.5, 0.6) is 0 Å². The first kappa shape index (κ1) is 22.7. The second-order valence-corrected chi connectivity index (χ2v) is 9.10. The Bertz CT molecular complexity index is 762. The van der Waals surface area contributed by atoms with E-state index in [1.807, 2.05) is 27.7 Å². The first-order valence-corrected chi connectivity index (χ1v) is 9.42. The van der Waals surface area contributed by atoms with Gasteiger partial charge in [-0.1, -0.05) is 17.7 Å². The predicted molar refractivity (Wildman–Crippen MR) is 108 cm³/mol. The maximum atomic E-state index is 13.6. The molecular formula is C19H27BClFN2O4. The number of carbonyl (C=O) groups is 1. The molecule has 1 aliphatic heterocycles. The van der Waals surface area contributed by atoms with Crippen LogP contribution in [0.4, 0.5) is 9.18 Å². The van der Waals surface area contributed by atoms with E-state index in [9.17, 15) is 9.18 Å². The number of carbonyl (C=O) groups excluding carboxylic acids is 1. The highest BCUT2D eigenvalue weighted by atomic mass is 35.5. The van der Waals surface area contributed by atoms with Gasteiger partial charge in [-0.15, -0.1) is 0 Å². The third-order valence-electron chi connectivity index (χ3n) is 4.58. The molecule has 2 heterocycles. The van der Waals surface area contributed by atoms with Crippen LogP contribution in [0.3, 0.4) is 0 Å². The Hall–Kier alpha value is -1.64. The zero-order valence-electron chi connectivity index (χ0n) is 17.4. The van der Waals surface area contributed by atoms with Gasteiger partial charge in [0, 0.05) is 18.8 Å². The number of pyridine rings is 1. The Balaban J connectivity index is 2.30. The standard InChI is InChI=1S/C19H27BClFN2O4/c1-17(2,3)26-16(25)24-10-13(8-12-9-15(22)23-11-14(12)21)20-27-18(4,5)19(6,7)28-20/h8-9,11H,10H2,1-7H3,(H,24,25). The Labute approximate surface area is 170 Å². The number of hydrogen-bond donors (Lipinski definition) is 1. The molecule has 1 saturated heterocycles. The zero-order chi connectivity index (χ0) is 21.3. The van der Waals surface area contributed by atoms with Gasteiger partial charge in [0.1, 0.15) is 5.60 Å². The number of rotatable bonds is 4. The number of aromatic nitrogens is 1. The van der Waals surface area contributed by atoms with E-state index in [0.29, 0.717) is 11.0 Å². The molecule has 0 atom stereocenters. The van der Waals surface area contributed by atoms with Crippen LogP contribution in [0.1, 0.15) is 54.0 Å². The minimum Gasteiger partial charge on any atom is -0.444 e. The van der Waals surface area contributed by atoms with Crippen LogP contribution in [0, 0.1) is 5.95 Å². The van der Waals surface area contributed by atoms with E-state index in [1.54, 1.807) is 26.8 Å². The summed E-state index contributed by atoms with van der Waals surface area (Å²) < 4.78 is 31.0. The monoisotopic (exact) mass is 412 g/mol. The molecule has 0 aromatic carbocycles. The fourth-order valence-electron chi connectivity index (χ4n) is 2.42. The van der Waals surface area contributed by atoms with Crippen molar-refractivity contribution in [3.63, 3.8) is 0 Å². The number of halogens is 2. The first-order chi connectivity index (χ1) is 12.7. The largest absolute Gasteiger partial charge is 0.492 e. The lowest BCUT2D eigenvalue weighted by Gasteiger charge is -2.32. The van der Waals surface area contributed by atoms with Gasteiger partial charge in [0.2, 0.25) is 5.95 Å². The summed E-state index contributed by atoms with van der Waals surface area (Å²) in [6, 6.07) is 1.21. The summed E-state index contributed by atoms with van der Waals surface area (Å²) in [4.78, 5) is 15.6. The molecule has 0 bridgehead atoms. The summed E-state index contributed by atoms with van der Waals surface area (Å²) in [5.74, 6) is -0.663. The molecule has 0 unspecified atom stereocenters. The van der Waals surface area contributed by atoms with Gasteiger partial charge in [0.05, 0.1) is 16.2 Å². The van der Waals surface area contributed by atoms with Crippen molar-refractivity contribution in [3.05, 3.63) is 34.3 Å². The van der Waals surface area contributed by atoms with Crippen LogP contribution in [0.2, 0.25) is 5.02 Å². The molecule has 1 amide bonds. The van der Waals surface area contributed by atoms with Crippen molar-refractivity contribution in [1.29, 1.82) is 0 Å². The summed E-state index contributed by atoms with van der Waals surface area (Å²) in [7, 11) is -0.743. The van der Waals surface area contributed by atoms with Crippen LogP contribution < -0.4 is 5.32 Å². The average Bonchev–Trinajstić information content (AvgIpc) is 2.73. The SMILES string of the molecule is CC(C)(C)OC(=O)NCC(=Cc1cc(F)ncc1Cl)B1OC(C)(C)C(C)(C)O1. The van der Waals surface area contributed by atoms with E-state index in [1.165, 1.54) is 12.3 Å². The highest BCUT2D eigenvalue weighted by Gasteiger charge is 2.52. The normalized spacial score (nSPS) is 18.9. The van der Waals surface area contributed by atoms with Crippen molar-refractivity contribution in [2.75, 3.05) is 6.54 Å². The molecule has 0 saturated carbocycles. The Kier molecular flexibility index (Phi) is 6.48. The van der Waals surface area contributed by atoms with Crippen LogP contribution in [0.25, 0.3) is 6.08 Å². The van der Waals surface area contributed by atoms with Crippen molar-refractivity contribution < 1.29 is 23.2 Å². The molecule has 1 fully saturated rings. The topological polar surface area (TPSA) is 69.7 Å². The molecule has 2 rings (SSSR count). The van der Waals surface area contributed by atoms with Gasteiger partial charge in [0.25, 0.3) is 0 Å². The zero-order valence-corrected chi connectivity index (χ0v) is 18.1. The summed E-state index contributed by atoms with van der Waals surface area (Å²) in [5.41, 5.74) is -0.802. The highest BCUT2D eigenvalue weighted by molar-refractivity contribution is 6.56. The number of alkyl carbamates (subject to hydrolysis) is 1. The second kappa shape index (κ2) is 8.01. The lowest BCUT2D eigenvalue weighted by Crippen LogP contribution is -2.41. The smallest absolute Gasteiger partial charge is 0.444 e. The number of ether oxygens (including phenoxy) is 1. The van der Waals surface area contributed by atoms with Crippen molar-refractivity contribution in [1.82, 2.24) is 10.3 Å². The lowest BCUT2D eigenvalue weighted by molar-refractivity contribution is 0.00578. The van der Waals surface area contributed by atoms with Crippen molar-refractivity contribution in [3.8, 4) is 0 Å². The summed E-state index contributed by atoms with van der Waals surface area (Å²) >= 11 is 6.14. The number of nitrogens with zero attached hydrogens (tertiary/aromatic N) is 1. The number of hydrogen-bond acceptors (Lipinski definition) is 5. The summed E-state index contributed by atoms with van der Waals surface area (Å²) in [5, 5.41) is 2.95. The van der Waals surface area contributed by atoms with Gasteiger partial charge in [-0.2, -0.15) is 4.39 Å². The van der Waals surface area contributed by atoms with E-state index in [2.05, 4.69) is 10.3 Å². The Morgan fingerprint density at radius 3 is 2.43 bits per heavy atom. The summed E-state index contributed by atoms with van der Waals surface area (Å²) in [6.07, 6.45) is 2.28. The molecule has 1 N–H and O–H groups in total. The number of nitrogens with one attached hydrogen (secondary N) is 1. The van der Waals surface area contributed by atoms with Gasteiger partial charge in [-0.05, 0) is 59.5 Å². The molecule has 9 heteroatoms. The molecule has 1 aliphatic rings. The van der Waals surface area contributed by atoms with E-state index in [4.69, 9.17) is 25.6 Å². The first-order valence-electron chi connectivity index (χ1n) is 9.04. The van der Waals surface area contributed by atoms with Crippen LogP contribution in [0.15, 0.2) is 17.7 Å². The molecule has 0 aliphatic carbocycles. The molecule has 1 aromatic heterocycles. The van der Waals surface area contributed by atoms with E-state index < -0.39 is 36.0 Å². The van der Waals surface area contributed by atoms with Crippen LogP contribution in [-0.2, 0) is 14.0 Å².